The molecule has 0 bridgehead atoms. The van der Waals surface area contributed by atoms with E-state index in [0.29, 0.717) is 5.92 Å². The van der Waals surface area contributed by atoms with E-state index in [1.54, 1.807) is 12.1 Å². The standard InChI is InChI=1S/C14H22N2O/c1-5-16(9-10(2)3)14(17)12-6-7-13(15)11(4)8-12/h6-8,10H,5,9,15H2,1-4H3. The van der Waals surface area contributed by atoms with Crippen molar-refractivity contribution in [3.63, 3.8) is 0 Å². The molecule has 0 saturated heterocycles. The third kappa shape index (κ3) is 3.48. The second-order valence-electron chi connectivity index (χ2n) is 4.81. The lowest BCUT2D eigenvalue weighted by Crippen LogP contribution is -2.34. The summed E-state index contributed by atoms with van der Waals surface area (Å²) in [6.45, 7) is 9.68. The fourth-order valence-corrected chi connectivity index (χ4v) is 1.79. The molecule has 1 aromatic rings. The van der Waals surface area contributed by atoms with Crippen LogP contribution in [0.5, 0.6) is 0 Å². The predicted octanol–water partition coefficient (Wildman–Crippen LogP) is 2.70. The molecule has 1 rings (SSSR count). The number of benzene rings is 1. The maximum atomic E-state index is 12.3. The molecule has 17 heavy (non-hydrogen) atoms. The summed E-state index contributed by atoms with van der Waals surface area (Å²) in [6.07, 6.45) is 0. The van der Waals surface area contributed by atoms with E-state index >= 15 is 0 Å². The molecular formula is C14H22N2O. The van der Waals surface area contributed by atoms with Crippen molar-refractivity contribution in [1.82, 2.24) is 4.90 Å². The van der Waals surface area contributed by atoms with Crippen molar-refractivity contribution < 1.29 is 4.79 Å². The smallest absolute Gasteiger partial charge is 0.253 e. The second-order valence-corrected chi connectivity index (χ2v) is 4.81. The molecule has 94 valence electrons. The highest BCUT2D eigenvalue weighted by atomic mass is 16.2. The number of nitrogens with two attached hydrogens (primary N) is 1. The molecule has 0 unspecified atom stereocenters. The lowest BCUT2D eigenvalue weighted by molar-refractivity contribution is 0.0745. The molecule has 1 amide bonds. The van der Waals surface area contributed by atoms with Gasteiger partial charge in [0.15, 0.2) is 0 Å². The molecule has 0 aliphatic carbocycles. The number of amides is 1. The number of hydrogen-bond donors (Lipinski definition) is 1. The van der Waals surface area contributed by atoms with Gasteiger partial charge in [0.2, 0.25) is 0 Å². The zero-order valence-electron chi connectivity index (χ0n) is 11.2. The Labute approximate surface area is 104 Å². The number of carbonyl (C=O) groups is 1. The van der Waals surface area contributed by atoms with Gasteiger partial charge in [-0.2, -0.15) is 0 Å². The lowest BCUT2D eigenvalue weighted by atomic mass is 10.1. The molecule has 0 atom stereocenters. The van der Waals surface area contributed by atoms with E-state index in [4.69, 9.17) is 5.73 Å². The highest BCUT2D eigenvalue weighted by Gasteiger charge is 2.15. The maximum Gasteiger partial charge on any atom is 0.253 e. The van der Waals surface area contributed by atoms with Gasteiger partial charge in [-0.3, -0.25) is 4.79 Å². The largest absolute Gasteiger partial charge is 0.399 e. The minimum absolute atomic E-state index is 0.0873. The molecule has 1 aromatic carbocycles. The third-order valence-electron chi connectivity index (χ3n) is 2.77. The summed E-state index contributed by atoms with van der Waals surface area (Å²) in [7, 11) is 0. The minimum atomic E-state index is 0.0873. The summed E-state index contributed by atoms with van der Waals surface area (Å²) in [5, 5.41) is 0. The first-order chi connectivity index (χ1) is 7.95. The van der Waals surface area contributed by atoms with Gasteiger partial charge in [0.25, 0.3) is 5.91 Å². The van der Waals surface area contributed by atoms with E-state index < -0.39 is 0 Å². The van der Waals surface area contributed by atoms with Crippen molar-refractivity contribution in [2.45, 2.75) is 27.7 Å². The van der Waals surface area contributed by atoms with Crippen molar-refractivity contribution in [2.24, 2.45) is 5.92 Å². The number of nitrogen functional groups attached to an aromatic ring is 1. The Morgan fingerprint density at radius 1 is 1.41 bits per heavy atom. The molecule has 0 heterocycles. The van der Waals surface area contributed by atoms with Gasteiger partial charge in [0.05, 0.1) is 0 Å². The van der Waals surface area contributed by atoms with Crippen LogP contribution in [0.2, 0.25) is 0 Å². The van der Waals surface area contributed by atoms with Crippen LogP contribution in [-0.4, -0.2) is 23.9 Å². The SMILES string of the molecule is CCN(CC(C)C)C(=O)c1ccc(N)c(C)c1. The van der Waals surface area contributed by atoms with Crippen LogP contribution in [0.25, 0.3) is 0 Å². The van der Waals surface area contributed by atoms with E-state index in [1.165, 1.54) is 0 Å². The van der Waals surface area contributed by atoms with Crippen LogP contribution in [0.3, 0.4) is 0 Å². The van der Waals surface area contributed by atoms with Crippen LogP contribution < -0.4 is 5.73 Å². The number of anilines is 1. The van der Waals surface area contributed by atoms with E-state index in [0.717, 1.165) is 29.9 Å². The summed E-state index contributed by atoms with van der Waals surface area (Å²) in [5.41, 5.74) is 8.16. The zero-order chi connectivity index (χ0) is 13.0. The van der Waals surface area contributed by atoms with Gasteiger partial charge in [0.1, 0.15) is 0 Å². The van der Waals surface area contributed by atoms with Crippen LogP contribution in [0.4, 0.5) is 5.69 Å². The van der Waals surface area contributed by atoms with Gasteiger partial charge in [0, 0.05) is 24.3 Å². The van der Waals surface area contributed by atoms with Crippen LogP contribution in [0.15, 0.2) is 18.2 Å². The van der Waals surface area contributed by atoms with Gasteiger partial charge < -0.3 is 10.6 Å². The number of carbonyl (C=O) groups excluding carboxylic acids is 1. The van der Waals surface area contributed by atoms with Crippen LogP contribution in [-0.2, 0) is 0 Å². The summed E-state index contributed by atoms with van der Waals surface area (Å²) >= 11 is 0. The Hall–Kier alpha value is -1.51. The van der Waals surface area contributed by atoms with Crippen molar-refractivity contribution in [3.8, 4) is 0 Å². The average molecular weight is 234 g/mol. The summed E-state index contributed by atoms with van der Waals surface area (Å²) < 4.78 is 0. The summed E-state index contributed by atoms with van der Waals surface area (Å²) in [6, 6.07) is 5.46. The number of nitrogens with zero attached hydrogens (tertiary/aromatic N) is 1. The number of aryl methyl sites for hydroxylation is 1. The first kappa shape index (κ1) is 13.6. The van der Waals surface area contributed by atoms with Gasteiger partial charge in [-0.05, 0) is 43.5 Å². The monoisotopic (exact) mass is 234 g/mol. The Morgan fingerprint density at radius 2 is 2.06 bits per heavy atom. The first-order valence-corrected chi connectivity index (χ1v) is 6.11. The predicted molar refractivity (Wildman–Crippen MR) is 72.0 cm³/mol. The molecule has 0 aromatic heterocycles. The second kappa shape index (κ2) is 5.71. The van der Waals surface area contributed by atoms with Crippen molar-refractivity contribution >= 4 is 11.6 Å². The third-order valence-corrected chi connectivity index (χ3v) is 2.77. The Bertz CT molecular complexity index is 399. The van der Waals surface area contributed by atoms with Crippen molar-refractivity contribution in [2.75, 3.05) is 18.8 Å². The van der Waals surface area contributed by atoms with Crippen molar-refractivity contribution in [1.29, 1.82) is 0 Å². The Balaban J connectivity index is 2.90. The quantitative estimate of drug-likeness (QED) is 0.814. The van der Waals surface area contributed by atoms with Crippen molar-refractivity contribution in [3.05, 3.63) is 29.3 Å². The molecule has 2 N–H and O–H groups in total. The van der Waals surface area contributed by atoms with E-state index in [2.05, 4.69) is 13.8 Å². The molecular weight excluding hydrogens is 212 g/mol. The maximum absolute atomic E-state index is 12.3. The molecule has 0 fully saturated rings. The molecule has 3 nitrogen and oxygen atoms in total. The van der Waals surface area contributed by atoms with Gasteiger partial charge >= 0.3 is 0 Å². The lowest BCUT2D eigenvalue weighted by Gasteiger charge is -2.23. The fourth-order valence-electron chi connectivity index (χ4n) is 1.79. The number of rotatable bonds is 4. The highest BCUT2D eigenvalue weighted by molar-refractivity contribution is 5.94. The molecule has 0 radical (unpaired) electrons. The summed E-state index contributed by atoms with van der Waals surface area (Å²) in [4.78, 5) is 14.1. The number of hydrogen-bond acceptors (Lipinski definition) is 2. The Morgan fingerprint density at radius 3 is 2.53 bits per heavy atom. The molecule has 0 aliphatic rings. The molecule has 0 saturated carbocycles. The average Bonchev–Trinajstić information content (AvgIpc) is 2.28. The van der Waals surface area contributed by atoms with Gasteiger partial charge in [-0.1, -0.05) is 13.8 Å². The van der Waals surface area contributed by atoms with Crippen LogP contribution in [0.1, 0.15) is 36.7 Å². The topological polar surface area (TPSA) is 46.3 Å². The summed E-state index contributed by atoms with van der Waals surface area (Å²) in [5.74, 6) is 0.568. The van der Waals surface area contributed by atoms with Gasteiger partial charge in [-0.15, -0.1) is 0 Å². The minimum Gasteiger partial charge on any atom is -0.399 e. The normalized spacial score (nSPS) is 10.6. The first-order valence-electron chi connectivity index (χ1n) is 6.11. The Kier molecular flexibility index (Phi) is 4.55. The van der Waals surface area contributed by atoms with Crippen LogP contribution in [0, 0.1) is 12.8 Å². The zero-order valence-corrected chi connectivity index (χ0v) is 11.2. The van der Waals surface area contributed by atoms with Gasteiger partial charge in [-0.25, -0.2) is 0 Å². The van der Waals surface area contributed by atoms with E-state index in [-0.39, 0.29) is 5.91 Å². The van der Waals surface area contributed by atoms with Crippen LogP contribution >= 0.6 is 0 Å². The van der Waals surface area contributed by atoms with E-state index in [1.807, 2.05) is 24.8 Å². The highest BCUT2D eigenvalue weighted by Crippen LogP contribution is 2.15. The molecule has 3 heteroatoms. The van der Waals surface area contributed by atoms with E-state index in [9.17, 15) is 4.79 Å². The molecule has 0 spiro atoms. The fraction of sp³-hybridized carbons (Fsp3) is 0.500. The molecule has 0 aliphatic heterocycles.